The molecule has 0 aliphatic carbocycles. The number of nitrogens with two attached hydrogens (primary N) is 2. The summed E-state index contributed by atoms with van der Waals surface area (Å²) in [4.78, 5) is 13.6. The van der Waals surface area contributed by atoms with Crippen LogP contribution in [0.3, 0.4) is 0 Å². The van der Waals surface area contributed by atoms with E-state index >= 15 is 0 Å². The summed E-state index contributed by atoms with van der Waals surface area (Å²) in [6.07, 6.45) is 0. The Balaban J connectivity index is 1.97. The van der Waals surface area contributed by atoms with Gasteiger partial charge in [-0.3, -0.25) is 0 Å². The standard InChI is InChI=1S/C20H17N5/c1-12-11-14(21)7-8-15(12)16-9-10-17-19(23-16)18(25-20(22)24-17)13-5-3-2-4-6-13/h2-11H,21H2,1H3,(H2,22,24,25). The van der Waals surface area contributed by atoms with Gasteiger partial charge in [0.2, 0.25) is 5.95 Å². The first kappa shape index (κ1) is 15.1. The van der Waals surface area contributed by atoms with Gasteiger partial charge in [0, 0.05) is 16.8 Å². The molecule has 4 rings (SSSR count). The Hall–Kier alpha value is -3.47. The molecule has 4 aromatic rings. The molecule has 2 aromatic heterocycles. The lowest BCUT2D eigenvalue weighted by Gasteiger charge is -2.10. The lowest BCUT2D eigenvalue weighted by Crippen LogP contribution is -2.00. The summed E-state index contributed by atoms with van der Waals surface area (Å²) < 4.78 is 0. The quantitative estimate of drug-likeness (QED) is 0.546. The second-order valence-corrected chi connectivity index (χ2v) is 5.94. The molecule has 0 amide bonds. The third kappa shape index (κ3) is 2.76. The van der Waals surface area contributed by atoms with E-state index in [1.165, 1.54) is 0 Å². The van der Waals surface area contributed by atoms with E-state index in [2.05, 4.69) is 9.97 Å². The molecule has 5 nitrogen and oxygen atoms in total. The fourth-order valence-corrected chi connectivity index (χ4v) is 2.95. The highest BCUT2D eigenvalue weighted by atomic mass is 15.0. The van der Waals surface area contributed by atoms with Crippen molar-refractivity contribution in [2.24, 2.45) is 0 Å². The molecule has 0 fully saturated rings. The minimum Gasteiger partial charge on any atom is -0.399 e. The van der Waals surface area contributed by atoms with Gasteiger partial charge in [-0.15, -0.1) is 0 Å². The average molecular weight is 327 g/mol. The van der Waals surface area contributed by atoms with E-state index in [1.54, 1.807) is 0 Å². The Labute approximate surface area is 145 Å². The van der Waals surface area contributed by atoms with Crippen LogP contribution in [0.25, 0.3) is 33.5 Å². The number of nitrogens with zero attached hydrogens (tertiary/aromatic N) is 3. The van der Waals surface area contributed by atoms with Crippen molar-refractivity contribution in [2.45, 2.75) is 6.92 Å². The van der Waals surface area contributed by atoms with Crippen LogP contribution in [0.4, 0.5) is 11.6 Å². The zero-order chi connectivity index (χ0) is 17.4. The molecule has 25 heavy (non-hydrogen) atoms. The van der Waals surface area contributed by atoms with E-state index in [1.807, 2.05) is 67.6 Å². The fourth-order valence-electron chi connectivity index (χ4n) is 2.95. The van der Waals surface area contributed by atoms with E-state index in [0.29, 0.717) is 0 Å². The Morgan fingerprint density at radius 2 is 1.60 bits per heavy atom. The summed E-state index contributed by atoms with van der Waals surface area (Å²) in [6, 6.07) is 19.6. The second kappa shape index (κ2) is 5.87. The first-order valence-electron chi connectivity index (χ1n) is 7.98. The molecule has 4 N–H and O–H groups in total. The zero-order valence-corrected chi connectivity index (χ0v) is 13.8. The van der Waals surface area contributed by atoms with Crippen molar-refractivity contribution < 1.29 is 0 Å². The Morgan fingerprint density at radius 3 is 2.36 bits per heavy atom. The van der Waals surface area contributed by atoms with Gasteiger partial charge in [0.1, 0.15) is 11.2 Å². The van der Waals surface area contributed by atoms with E-state index in [4.69, 9.17) is 16.5 Å². The summed E-state index contributed by atoms with van der Waals surface area (Å²) in [5.74, 6) is 0.240. The third-order valence-electron chi connectivity index (χ3n) is 4.13. The van der Waals surface area contributed by atoms with Gasteiger partial charge in [0.25, 0.3) is 0 Å². The molecule has 0 aliphatic heterocycles. The molecular weight excluding hydrogens is 310 g/mol. The highest BCUT2D eigenvalue weighted by molar-refractivity contribution is 5.91. The summed E-state index contributed by atoms with van der Waals surface area (Å²) >= 11 is 0. The molecule has 0 saturated heterocycles. The van der Waals surface area contributed by atoms with Gasteiger partial charge < -0.3 is 11.5 Å². The van der Waals surface area contributed by atoms with Crippen molar-refractivity contribution in [1.82, 2.24) is 15.0 Å². The number of hydrogen-bond donors (Lipinski definition) is 2. The van der Waals surface area contributed by atoms with Crippen LogP contribution in [0, 0.1) is 6.92 Å². The average Bonchev–Trinajstić information content (AvgIpc) is 2.61. The van der Waals surface area contributed by atoms with E-state index < -0.39 is 0 Å². The first-order chi connectivity index (χ1) is 12.1. The lowest BCUT2D eigenvalue weighted by atomic mass is 10.0. The number of nitrogen functional groups attached to an aromatic ring is 2. The molecule has 0 saturated carbocycles. The van der Waals surface area contributed by atoms with Crippen LogP contribution in [0.1, 0.15) is 5.56 Å². The fraction of sp³-hybridized carbons (Fsp3) is 0.0500. The first-order valence-corrected chi connectivity index (χ1v) is 7.98. The Morgan fingerprint density at radius 1 is 0.800 bits per heavy atom. The molecule has 2 heterocycles. The number of pyridine rings is 1. The minimum atomic E-state index is 0.240. The molecule has 0 atom stereocenters. The monoisotopic (exact) mass is 327 g/mol. The Kier molecular flexibility index (Phi) is 3.54. The normalized spacial score (nSPS) is 10.9. The molecule has 0 radical (unpaired) electrons. The molecular formula is C20H17N5. The number of anilines is 2. The van der Waals surface area contributed by atoms with Gasteiger partial charge in [-0.2, -0.15) is 0 Å². The van der Waals surface area contributed by atoms with Gasteiger partial charge in [-0.25, -0.2) is 15.0 Å². The van der Waals surface area contributed by atoms with Crippen molar-refractivity contribution >= 4 is 22.7 Å². The number of hydrogen-bond acceptors (Lipinski definition) is 5. The van der Waals surface area contributed by atoms with Crippen molar-refractivity contribution in [2.75, 3.05) is 11.5 Å². The summed E-state index contributed by atoms with van der Waals surface area (Å²) in [5.41, 5.74) is 18.6. The summed E-state index contributed by atoms with van der Waals surface area (Å²) in [7, 11) is 0. The third-order valence-corrected chi connectivity index (χ3v) is 4.13. The van der Waals surface area contributed by atoms with Crippen LogP contribution >= 0.6 is 0 Å². The smallest absolute Gasteiger partial charge is 0.221 e. The van der Waals surface area contributed by atoms with Gasteiger partial charge >= 0.3 is 0 Å². The molecule has 0 aliphatic rings. The summed E-state index contributed by atoms with van der Waals surface area (Å²) in [5, 5.41) is 0. The van der Waals surface area contributed by atoms with Crippen molar-refractivity contribution in [3.05, 3.63) is 66.2 Å². The molecule has 0 spiro atoms. The van der Waals surface area contributed by atoms with Crippen LogP contribution in [0.15, 0.2) is 60.7 Å². The molecule has 0 bridgehead atoms. The van der Waals surface area contributed by atoms with E-state index in [0.717, 1.165) is 44.8 Å². The van der Waals surface area contributed by atoms with E-state index in [9.17, 15) is 0 Å². The predicted molar refractivity (Wildman–Crippen MR) is 102 cm³/mol. The highest BCUT2D eigenvalue weighted by Gasteiger charge is 2.12. The number of aromatic nitrogens is 3. The molecule has 5 heteroatoms. The topological polar surface area (TPSA) is 90.7 Å². The SMILES string of the molecule is Cc1cc(N)ccc1-c1ccc2nc(N)nc(-c3ccccc3)c2n1. The largest absolute Gasteiger partial charge is 0.399 e. The van der Waals surface area contributed by atoms with E-state index in [-0.39, 0.29) is 5.95 Å². The van der Waals surface area contributed by atoms with Crippen molar-refractivity contribution in [3.8, 4) is 22.5 Å². The van der Waals surface area contributed by atoms with Gasteiger partial charge in [0.05, 0.1) is 11.2 Å². The molecule has 122 valence electrons. The number of fused-ring (bicyclic) bond motifs is 1. The number of aryl methyl sites for hydroxylation is 1. The van der Waals surface area contributed by atoms with Crippen LogP contribution in [-0.2, 0) is 0 Å². The lowest BCUT2D eigenvalue weighted by molar-refractivity contribution is 1.21. The second-order valence-electron chi connectivity index (χ2n) is 5.94. The van der Waals surface area contributed by atoms with Crippen LogP contribution < -0.4 is 11.5 Å². The predicted octanol–water partition coefficient (Wildman–Crippen LogP) is 3.83. The minimum absolute atomic E-state index is 0.240. The maximum absolute atomic E-state index is 5.89. The van der Waals surface area contributed by atoms with Crippen molar-refractivity contribution in [3.63, 3.8) is 0 Å². The molecule has 2 aromatic carbocycles. The molecule has 0 unspecified atom stereocenters. The van der Waals surface area contributed by atoms with Crippen LogP contribution in [-0.4, -0.2) is 15.0 Å². The van der Waals surface area contributed by atoms with Crippen LogP contribution in [0.2, 0.25) is 0 Å². The number of rotatable bonds is 2. The number of benzene rings is 2. The van der Waals surface area contributed by atoms with Crippen LogP contribution in [0.5, 0.6) is 0 Å². The van der Waals surface area contributed by atoms with Gasteiger partial charge in [-0.1, -0.05) is 36.4 Å². The maximum atomic E-state index is 5.89. The highest BCUT2D eigenvalue weighted by Crippen LogP contribution is 2.29. The van der Waals surface area contributed by atoms with Gasteiger partial charge in [-0.05, 0) is 36.8 Å². The zero-order valence-electron chi connectivity index (χ0n) is 13.8. The Bertz CT molecular complexity index is 1070. The maximum Gasteiger partial charge on any atom is 0.221 e. The van der Waals surface area contributed by atoms with Gasteiger partial charge in [0.15, 0.2) is 0 Å². The van der Waals surface area contributed by atoms with Crippen molar-refractivity contribution in [1.29, 1.82) is 0 Å². The summed E-state index contributed by atoms with van der Waals surface area (Å²) in [6.45, 7) is 2.02.